The van der Waals surface area contributed by atoms with Gasteiger partial charge in [0.2, 0.25) is 0 Å². The van der Waals surface area contributed by atoms with Crippen LogP contribution in [0.25, 0.3) is 0 Å². The molecule has 1 atom stereocenters. The van der Waals surface area contributed by atoms with Crippen molar-refractivity contribution < 1.29 is 23.8 Å². The second kappa shape index (κ2) is 10.3. The van der Waals surface area contributed by atoms with Crippen LogP contribution in [0.5, 0.6) is 17.2 Å². The molecule has 1 N–H and O–H groups in total. The van der Waals surface area contributed by atoms with Crippen LogP contribution in [0.1, 0.15) is 28.4 Å². The van der Waals surface area contributed by atoms with Gasteiger partial charge in [-0.2, -0.15) is 0 Å². The Morgan fingerprint density at radius 2 is 1.65 bits per heavy atom. The van der Waals surface area contributed by atoms with Gasteiger partial charge in [-0.3, -0.25) is 9.59 Å². The minimum absolute atomic E-state index is 0.0615. The number of methoxy groups -OCH3 is 2. The molecule has 0 aliphatic carbocycles. The molecule has 0 radical (unpaired) electrons. The lowest BCUT2D eigenvalue weighted by Gasteiger charge is -2.22. The lowest BCUT2D eigenvalue weighted by Crippen LogP contribution is -2.39. The van der Waals surface area contributed by atoms with Crippen LogP contribution in [-0.2, 0) is 17.8 Å². The molecule has 2 amide bonds. The molecular weight excluding hydrogens is 432 g/mol. The fourth-order valence-electron chi connectivity index (χ4n) is 3.87. The Morgan fingerprint density at radius 3 is 2.29 bits per heavy atom. The Morgan fingerprint density at radius 1 is 1.00 bits per heavy atom. The number of ether oxygens (including phenoxy) is 3. The van der Waals surface area contributed by atoms with Crippen molar-refractivity contribution in [1.82, 2.24) is 4.90 Å². The summed E-state index contributed by atoms with van der Waals surface area (Å²) in [6, 6.07) is 20.2. The third-order valence-electron chi connectivity index (χ3n) is 5.82. The smallest absolute Gasteiger partial charge is 0.263 e. The van der Waals surface area contributed by atoms with Crippen molar-refractivity contribution in [2.45, 2.75) is 26.0 Å². The molecule has 34 heavy (non-hydrogen) atoms. The minimum atomic E-state index is -0.586. The van der Waals surface area contributed by atoms with E-state index in [4.69, 9.17) is 14.2 Å². The number of fused-ring (bicyclic) bond motifs is 1. The van der Waals surface area contributed by atoms with E-state index in [1.807, 2.05) is 30.3 Å². The third-order valence-corrected chi connectivity index (χ3v) is 5.82. The summed E-state index contributed by atoms with van der Waals surface area (Å²) in [5, 5.41) is 2.92. The lowest BCUT2D eigenvalue weighted by molar-refractivity contribution is -0.137. The highest BCUT2D eigenvalue weighted by Gasteiger charge is 2.28. The van der Waals surface area contributed by atoms with E-state index < -0.39 is 6.10 Å². The first-order valence-electron chi connectivity index (χ1n) is 11.1. The quantitative estimate of drug-likeness (QED) is 0.569. The number of anilines is 1. The number of hydrogen-bond donors (Lipinski definition) is 1. The number of hydrogen-bond acceptors (Lipinski definition) is 5. The molecule has 1 heterocycles. The van der Waals surface area contributed by atoms with Crippen molar-refractivity contribution in [3.63, 3.8) is 0 Å². The molecule has 3 aromatic rings. The maximum absolute atomic E-state index is 12.9. The molecule has 0 unspecified atom stereocenters. The molecule has 0 aromatic heterocycles. The largest absolute Gasteiger partial charge is 0.497 e. The van der Waals surface area contributed by atoms with Gasteiger partial charge in [0.15, 0.2) is 6.10 Å². The van der Waals surface area contributed by atoms with Crippen molar-refractivity contribution in [2.75, 3.05) is 26.1 Å². The van der Waals surface area contributed by atoms with Gasteiger partial charge < -0.3 is 24.4 Å². The summed E-state index contributed by atoms with van der Waals surface area (Å²) in [5.74, 6) is 1.85. The van der Waals surface area contributed by atoms with Crippen LogP contribution in [0.15, 0.2) is 66.7 Å². The second-order valence-corrected chi connectivity index (χ2v) is 8.12. The molecule has 1 aliphatic heterocycles. The Kier molecular flexibility index (Phi) is 7.01. The summed E-state index contributed by atoms with van der Waals surface area (Å²) in [5.41, 5.74) is 3.13. The average Bonchev–Trinajstić information content (AvgIpc) is 2.98. The van der Waals surface area contributed by atoms with E-state index in [0.29, 0.717) is 42.3 Å². The number of amides is 2. The summed E-state index contributed by atoms with van der Waals surface area (Å²) >= 11 is 0. The van der Waals surface area contributed by atoms with Crippen LogP contribution in [0.4, 0.5) is 5.69 Å². The highest BCUT2D eigenvalue weighted by molar-refractivity contribution is 6.04. The Bertz CT molecular complexity index is 1160. The van der Waals surface area contributed by atoms with Crippen molar-refractivity contribution in [2.24, 2.45) is 0 Å². The van der Waals surface area contributed by atoms with Crippen LogP contribution < -0.4 is 19.5 Å². The predicted molar refractivity (Wildman–Crippen MR) is 130 cm³/mol. The van der Waals surface area contributed by atoms with Gasteiger partial charge in [-0.15, -0.1) is 0 Å². The molecule has 7 heteroatoms. The summed E-state index contributed by atoms with van der Waals surface area (Å²) < 4.78 is 16.3. The normalized spacial score (nSPS) is 15.1. The third kappa shape index (κ3) is 5.31. The van der Waals surface area contributed by atoms with E-state index in [9.17, 15) is 9.59 Å². The van der Waals surface area contributed by atoms with Crippen molar-refractivity contribution in [3.05, 3.63) is 83.4 Å². The summed E-state index contributed by atoms with van der Waals surface area (Å²) in [6.07, 6.45) is 0.128. The monoisotopic (exact) mass is 460 g/mol. The first-order chi connectivity index (χ1) is 16.5. The van der Waals surface area contributed by atoms with Gasteiger partial charge in [-0.05, 0) is 73.5 Å². The van der Waals surface area contributed by atoms with E-state index >= 15 is 0 Å². The molecule has 7 nitrogen and oxygen atoms in total. The average molecular weight is 461 g/mol. The van der Waals surface area contributed by atoms with Gasteiger partial charge in [0, 0.05) is 29.9 Å². The van der Waals surface area contributed by atoms with Gasteiger partial charge >= 0.3 is 0 Å². The topological polar surface area (TPSA) is 77.1 Å². The zero-order valence-electron chi connectivity index (χ0n) is 19.5. The lowest BCUT2D eigenvalue weighted by atomic mass is 10.1. The summed E-state index contributed by atoms with van der Waals surface area (Å²) in [4.78, 5) is 27.4. The van der Waals surface area contributed by atoms with E-state index in [-0.39, 0.29) is 11.8 Å². The number of carbonyl (C=O) groups is 2. The van der Waals surface area contributed by atoms with Crippen molar-refractivity contribution in [3.8, 4) is 17.2 Å². The van der Waals surface area contributed by atoms with E-state index in [2.05, 4.69) is 5.32 Å². The molecular formula is C27H28N2O5. The fraction of sp³-hybridized carbons (Fsp3) is 0.259. The van der Waals surface area contributed by atoms with Gasteiger partial charge in [-0.1, -0.05) is 12.1 Å². The van der Waals surface area contributed by atoms with Crippen LogP contribution in [0.2, 0.25) is 0 Å². The number of nitrogens with one attached hydrogen (secondary N) is 1. The fourth-order valence-corrected chi connectivity index (χ4v) is 3.87. The maximum atomic E-state index is 12.9. The first-order valence-corrected chi connectivity index (χ1v) is 11.1. The van der Waals surface area contributed by atoms with Gasteiger partial charge in [0.1, 0.15) is 17.2 Å². The van der Waals surface area contributed by atoms with Crippen LogP contribution >= 0.6 is 0 Å². The number of carbonyl (C=O) groups excluding carboxylic acids is 2. The molecule has 0 fully saturated rings. The van der Waals surface area contributed by atoms with Crippen molar-refractivity contribution >= 4 is 17.5 Å². The molecule has 0 saturated heterocycles. The first kappa shape index (κ1) is 23.2. The van der Waals surface area contributed by atoms with E-state index in [1.165, 1.54) is 0 Å². The number of rotatable bonds is 7. The van der Waals surface area contributed by atoms with Crippen LogP contribution in [0.3, 0.4) is 0 Å². The molecule has 4 rings (SSSR count). The molecule has 0 bridgehead atoms. The Labute approximate surface area is 199 Å². The zero-order chi connectivity index (χ0) is 24.1. The maximum Gasteiger partial charge on any atom is 0.263 e. The molecule has 1 aliphatic rings. The van der Waals surface area contributed by atoms with Crippen LogP contribution in [-0.4, -0.2) is 43.6 Å². The Hall–Kier alpha value is -4.00. The Balaban J connectivity index is 1.47. The minimum Gasteiger partial charge on any atom is -0.497 e. The van der Waals surface area contributed by atoms with E-state index in [1.54, 1.807) is 62.4 Å². The molecule has 0 spiro atoms. The second-order valence-electron chi connectivity index (χ2n) is 8.12. The SMILES string of the molecule is COc1ccc(CCN2Cc3cc(NC(=O)c4ccc(OC)cc4)ccc3O[C@@H](C)C2=O)cc1. The van der Waals surface area contributed by atoms with Crippen molar-refractivity contribution in [1.29, 1.82) is 0 Å². The highest BCUT2D eigenvalue weighted by Crippen LogP contribution is 2.29. The number of nitrogens with zero attached hydrogens (tertiary/aromatic N) is 1. The molecule has 3 aromatic carbocycles. The molecule has 0 saturated carbocycles. The van der Waals surface area contributed by atoms with Gasteiger partial charge in [0.05, 0.1) is 14.2 Å². The zero-order valence-corrected chi connectivity index (χ0v) is 19.5. The predicted octanol–water partition coefficient (Wildman–Crippen LogP) is 4.31. The number of benzene rings is 3. The molecule has 176 valence electrons. The van der Waals surface area contributed by atoms with E-state index in [0.717, 1.165) is 16.9 Å². The summed E-state index contributed by atoms with van der Waals surface area (Å²) in [7, 11) is 3.22. The van der Waals surface area contributed by atoms with Gasteiger partial charge in [0.25, 0.3) is 11.8 Å². The van der Waals surface area contributed by atoms with Gasteiger partial charge in [-0.25, -0.2) is 0 Å². The van der Waals surface area contributed by atoms with Crippen LogP contribution in [0, 0.1) is 0 Å². The summed E-state index contributed by atoms with van der Waals surface area (Å²) in [6.45, 7) is 2.72. The highest BCUT2D eigenvalue weighted by atomic mass is 16.5. The standard InChI is InChI=1S/C27H28N2O5/c1-18-27(31)29(15-14-19-4-9-23(32-2)10-5-19)17-21-16-22(8-13-25(21)34-18)28-26(30)20-6-11-24(33-3)12-7-20/h4-13,16,18H,14-15,17H2,1-3H3,(H,28,30)/t18-/m0/s1.